The molecule has 2 N–H and O–H groups in total. The number of para-hydroxylation sites is 2. The number of hydrogen-bond acceptors (Lipinski definition) is 7. The largest absolute Gasteiger partial charge is 0.430 e. The van der Waals surface area contributed by atoms with Gasteiger partial charge in [-0.3, -0.25) is 0 Å². The van der Waals surface area contributed by atoms with Crippen LogP contribution in [0.1, 0.15) is 4.88 Å². The van der Waals surface area contributed by atoms with E-state index in [9.17, 15) is 26.4 Å². The lowest BCUT2D eigenvalue weighted by atomic mass is 10.1. The highest BCUT2D eigenvalue weighted by atomic mass is 32.2. The molecule has 7 nitrogen and oxygen atoms in total. The predicted molar refractivity (Wildman–Crippen MR) is 134 cm³/mol. The number of halogens is 3. The summed E-state index contributed by atoms with van der Waals surface area (Å²) >= 11 is 1.10. The van der Waals surface area contributed by atoms with Gasteiger partial charge in [-0.1, -0.05) is 24.3 Å². The molecular formula is C24H22F3N3O4S2. The van der Waals surface area contributed by atoms with Crippen molar-refractivity contribution < 1.29 is 31.1 Å². The second-order valence-electron chi connectivity index (χ2n) is 7.82. The van der Waals surface area contributed by atoms with E-state index in [-0.39, 0.29) is 22.0 Å². The van der Waals surface area contributed by atoms with Gasteiger partial charge < -0.3 is 15.4 Å². The molecule has 2 aromatic carbocycles. The third kappa shape index (κ3) is 6.73. The fourth-order valence-corrected chi connectivity index (χ4v) is 4.41. The lowest BCUT2D eigenvalue weighted by molar-refractivity contribution is -0.0925. The van der Waals surface area contributed by atoms with Crippen LogP contribution >= 0.6 is 11.3 Å². The van der Waals surface area contributed by atoms with Gasteiger partial charge in [0.05, 0.1) is 15.5 Å². The Kier molecular flexibility index (Phi) is 7.89. The van der Waals surface area contributed by atoms with Crippen LogP contribution in [-0.4, -0.2) is 51.7 Å². The number of amides is 1. The van der Waals surface area contributed by atoms with E-state index < -0.39 is 27.8 Å². The Morgan fingerprint density at radius 1 is 1.08 bits per heavy atom. The maximum Gasteiger partial charge on any atom is 0.430 e. The van der Waals surface area contributed by atoms with Crippen molar-refractivity contribution in [1.82, 2.24) is 4.90 Å². The number of nitrogens with zero attached hydrogens (tertiary/aromatic N) is 2. The number of aliphatic imine (C=N–C) groups is 1. The molecule has 1 amide bonds. The predicted octanol–water partition coefficient (Wildman–Crippen LogP) is 5.40. The summed E-state index contributed by atoms with van der Waals surface area (Å²) in [6.45, 7) is 0. The van der Waals surface area contributed by atoms with E-state index in [0.717, 1.165) is 17.6 Å². The van der Waals surface area contributed by atoms with Gasteiger partial charge in [-0.15, -0.1) is 11.3 Å². The number of nitrogens with two attached hydrogens (primary N) is 1. The zero-order valence-corrected chi connectivity index (χ0v) is 21.0. The number of hydrogen-bond donors (Lipinski definition) is 1. The van der Waals surface area contributed by atoms with Crippen LogP contribution in [0.2, 0.25) is 0 Å². The van der Waals surface area contributed by atoms with Crippen molar-refractivity contribution in [2.45, 2.75) is 11.1 Å². The van der Waals surface area contributed by atoms with Crippen LogP contribution in [0.4, 0.5) is 23.7 Å². The number of ether oxygens (including phenoxy) is 1. The van der Waals surface area contributed by atoms with E-state index in [2.05, 4.69) is 4.99 Å². The monoisotopic (exact) mass is 537 g/mol. The van der Waals surface area contributed by atoms with E-state index in [0.29, 0.717) is 22.1 Å². The van der Waals surface area contributed by atoms with Crippen molar-refractivity contribution >= 4 is 38.7 Å². The van der Waals surface area contributed by atoms with Crippen LogP contribution in [-0.2, 0) is 9.84 Å². The maximum atomic E-state index is 13.3. The lowest BCUT2D eigenvalue weighted by Crippen LogP contribution is -2.25. The Bertz CT molecular complexity index is 1440. The smallest absolute Gasteiger partial charge is 0.408 e. The molecule has 3 rings (SSSR count). The highest BCUT2D eigenvalue weighted by Gasteiger charge is 2.32. The molecular weight excluding hydrogens is 515 g/mol. The van der Waals surface area contributed by atoms with Crippen LogP contribution in [0.25, 0.3) is 11.1 Å². The van der Waals surface area contributed by atoms with Crippen LogP contribution in [0.15, 0.2) is 81.6 Å². The highest BCUT2D eigenvalue weighted by Crippen LogP contribution is 2.33. The van der Waals surface area contributed by atoms with Gasteiger partial charge in [0.1, 0.15) is 11.4 Å². The lowest BCUT2D eigenvalue weighted by Gasteiger charge is -2.12. The van der Waals surface area contributed by atoms with Crippen LogP contribution in [0.5, 0.6) is 5.75 Å². The van der Waals surface area contributed by atoms with E-state index in [1.54, 1.807) is 35.7 Å². The van der Waals surface area contributed by atoms with Crippen LogP contribution in [0, 0.1) is 0 Å². The normalized spacial score (nSPS) is 12.9. The van der Waals surface area contributed by atoms with Crippen molar-refractivity contribution in [2.75, 3.05) is 20.4 Å². The molecule has 0 unspecified atom stereocenters. The van der Waals surface area contributed by atoms with E-state index in [1.165, 1.54) is 43.3 Å². The Labute approximate surface area is 210 Å². The van der Waals surface area contributed by atoms with Gasteiger partial charge >= 0.3 is 12.3 Å². The van der Waals surface area contributed by atoms with Crippen LogP contribution in [0.3, 0.4) is 0 Å². The fourth-order valence-electron chi connectivity index (χ4n) is 2.87. The number of benzene rings is 2. The molecule has 36 heavy (non-hydrogen) atoms. The zero-order valence-electron chi connectivity index (χ0n) is 19.4. The number of carbonyl (C=O) groups excluding carboxylic acids is 1. The zero-order chi connectivity index (χ0) is 26.7. The van der Waals surface area contributed by atoms with Crippen molar-refractivity contribution in [3.8, 4) is 16.9 Å². The summed E-state index contributed by atoms with van der Waals surface area (Å²) in [4.78, 5) is 18.0. The number of sulfone groups is 1. The molecule has 1 heterocycles. The maximum absolute atomic E-state index is 13.3. The van der Waals surface area contributed by atoms with Gasteiger partial charge in [0.2, 0.25) is 0 Å². The molecule has 0 bridgehead atoms. The SMILES string of the molecule is CN(C)C(=O)Oc1ccccc1N=C(/C=C(\N)C(F)(F)F)c1cc(-c2cccc(S(C)(=O)=O)c2)cs1. The second kappa shape index (κ2) is 10.5. The summed E-state index contributed by atoms with van der Waals surface area (Å²) in [6.07, 6.45) is -3.69. The molecule has 0 aliphatic rings. The van der Waals surface area contributed by atoms with E-state index >= 15 is 0 Å². The molecule has 0 saturated carbocycles. The first-order chi connectivity index (χ1) is 16.8. The molecule has 1 aromatic heterocycles. The Balaban J connectivity index is 2.12. The molecule has 0 radical (unpaired) electrons. The van der Waals surface area contributed by atoms with Crippen molar-refractivity contribution in [1.29, 1.82) is 0 Å². The standard InChI is InChI=1S/C24H22F3N3O4S2/c1-30(2)23(31)34-20-10-5-4-9-18(20)29-19(13-22(28)24(25,26)27)21-12-16(14-35-21)15-7-6-8-17(11-15)36(3,32)33/h4-14H,28H2,1-3H3/b22-13-,29-19?. The molecule has 0 atom stereocenters. The summed E-state index contributed by atoms with van der Waals surface area (Å²) in [5.41, 5.74) is 5.07. The van der Waals surface area contributed by atoms with Gasteiger partial charge in [0.25, 0.3) is 0 Å². The molecule has 190 valence electrons. The Morgan fingerprint density at radius 2 is 1.78 bits per heavy atom. The van der Waals surface area contributed by atoms with Crippen molar-refractivity contribution in [3.05, 3.63) is 76.6 Å². The first kappa shape index (κ1) is 27.0. The van der Waals surface area contributed by atoms with Crippen molar-refractivity contribution in [3.63, 3.8) is 0 Å². The minimum Gasteiger partial charge on any atom is -0.408 e. The minimum absolute atomic E-state index is 0.0466. The summed E-state index contributed by atoms with van der Waals surface area (Å²) < 4.78 is 68.9. The number of thiophene rings is 1. The molecule has 0 aliphatic carbocycles. The molecule has 0 fully saturated rings. The van der Waals surface area contributed by atoms with Crippen LogP contribution < -0.4 is 10.5 Å². The number of allylic oxidation sites excluding steroid dienone is 2. The number of rotatable bonds is 6. The average Bonchev–Trinajstić information content (AvgIpc) is 3.29. The third-order valence-corrected chi connectivity index (χ3v) is 6.80. The van der Waals surface area contributed by atoms with Gasteiger partial charge in [-0.05, 0) is 52.9 Å². The quantitative estimate of drug-likeness (QED) is 0.424. The third-order valence-electron chi connectivity index (χ3n) is 4.74. The first-order valence-corrected chi connectivity index (χ1v) is 13.0. The second-order valence-corrected chi connectivity index (χ2v) is 10.8. The van der Waals surface area contributed by atoms with Gasteiger partial charge in [-0.2, -0.15) is 13.2 Å². The molecule has 0 spiro atoms. The highest BCUT2D eigenvalue weighted by molar-refractivity contribution is 7.90. The summed E-state index contributed by atoms with van der Waals surface area (Å²) in [5, 5.41) is 1.67. The minimum atomic E-state index is -4.79. The number of alkyl halides is 3. The first-order valence-electron chi connectivity index (χ1n) is 10.3. The van der Waals surface area contributed by atoms with Gasteiger partial charge in [0.15, 0.2) is 15.6 Å². The molecule has 3 aromatic rings. The summed E-state index contributed by atoms with van der Waals surface area (Å²) in [7, 11) is -0.484. The Morgan fingerprint density at radius 3 is 2.42 bits per heavy atom. The average molecular weight is 538 g/mol. The topological polar surface area (TPSA) is 102 Å². The fraction of sp³-hybridized carbons (Fsp3) is 0.167. The summed E-state index contributed by atoms with van der Waals surface area (Å²) in [5.74, 6) is 0.0466. The van der Waals surface area contributed by atoms with E-state index in [1.807, 2.05) is 0 Å². The molecule has 12 heteroatoms. The van der Waals surface area contributed by atoms with Gasteiger partial charge in [0, 0.05) is 20.4 Å². The van der Waals surface area contributed by atoms with E-state index in [4.69, 9.17) is 10.5 Å². The van der Waals surface area contributed by atoms with Gasteiger partial charge in [-0.25, -0.2) is 18.2 Å². The summed E-state index contributed by atoms with van der Waals surface area (Å²) in [6, 6.07) is 13.9. The molecule has 0 saturated heterocycles. The number of carbonyl (C=O) groups is 1. The molecule has 0 aliphatic heterocycles. The Hall–Kier alpha value is -3.64. The van der Waals surface area contributed by atoms with Crippen molar-refractivity contribution in [2.24, 2.45) is 10.7 Å².